The Kier molecular flexibility index (Phi) is 33.6. The molecule has 20 nitrogen and oxygen atoms in total. The summed E-state index contributed by atoms with van der Waals surface area (Å²) in [7, 11) is 0. The number of nitrogens with one attached hydrogen (secondary N) is 4. The van der Waals surface area contributed by atoms with E-state index >= 15 is 0 Å². The Bertz CT molecular complexity index is 898. The molecule has 2 aliphatic carbocycles. The van der Waals surface area contributed by atoms with Gasteiger partial charge in [0.05, 0.1) is 0 Å². The molecule has 12 atom stereocenters. The van der Waals surface area contributed by atoms with Gasteiger partial charge in [0.25, 0.3) is 0 Å². The van der Waals surface area contributed by atoms with Crippen molar-refractivity contribution < 1.29 is 158 Å². The van der Waals surface area contributed by atoms with Crippen LogP contribution >= 0.6 is 0 Å². The standard InChI is InChI=1S/2C15H24N2O8.3Hf/c18-7-1-2-8-13(23)11(16-5-3-9(19)20)15(25)12(14(8)24)17-6-4-10(21)22;18-7-6-17-12-14(24)8(2-1-3-9(19)20)13(23)11(15(12)25)16-5-4-10(21)22;;;/h2*8,11-17H,1-7H2,(H,19,20)(H,21,22);;;/q2*-4;3*+4/p-4/t8?,11-,12+,13-,14+,15?;8-,11+,12-,13+,14-,15+;;;/m.1.../s1. The molecule has 0 amide bonds. The van der Waals surface area contributed by atoms with Crippen LogP contribution in [0.5, 0.6) is 0 Å². The fourth-order valence-corrected chi connectivity index (χ4v) is 6.27. The summed E-state index contributed by atoms with van der Waals surface area (Å²) >= 11 is 0. The first kappa shape index (κ1) is 57.3. The van der Waals surface area contributed by atoms with Crippen LogP contribution in [0.15, 0.2) is 0 Å². The molecular formula is C30H44Hf3N4O16. The number of hydrogen-bond donors (Lipinski definition) is 4. The Labute approximate surface area is 363 Å². The first-order valence-corrected chi connectivity index (χ1v) is 16.4. The van der Waals surface area contributed by atoms with E-state index in [4.69, 9.17) is 0 Å². The van der Waals surface area contributed by atoms with Crippen LogP contribution < -0.4 is 82.5 Å². The quantitative estimate of drug-likeness (QED) is 0.0731. The number of hydrogen-bond acceptors (Lipinski definition) is 20. The molecule has 2 saturated carbocycles. The molecule has 292 valence electrons. The molecule has 0 aromatic rings. The van der Waals surface area contributed by atoms with Crippen LogP contribution in [0.4, 0.5) is 0 Å². The van der Waals surface area contributed by atoms with Crippen LogP contribution in [0, 0.1) is 11.8 Å². The van der Waals surface area contributed by atoms with Gasteiger partial charge in [0, 0.05) is 43.5 Å². The molecule has 2 rings (SSSR count). The Morgan fingerprint density at radius 1 is 0.396 bits per heavy atom. The van der Waals surface area contributed by atoms with E-state index in [2.05, 4.69) is 21.3 Å². The third kappa shape index (κ3) is 20.3. The van der Waals surface area contributed by atoms with Crippen molar-refractivity contribution in [1.82, 2.24) is 21.3 Å². The Morgan fingerprint density at radius 3 is 0.943 bits per heavy atom. The van der Waals surface area contributed by atoms with Gasteiger partial charge >= 0.3 is 77.5 Å². The summed E-state index contributed by atoms with van der Waals surface area (Å²) in [5.41, 5.74) is 0. The molecule has 2 unspecified atom stereocenters. The fourth-order valence-electron chi connectivity index (χ4n) is 6.27. The van der Waals surface area contributed by atoms with Crippen LogP contribution in [0.1, 0.15) is 51.4 Å². The van der Waals surface area contributed by atoms with E-state index in [9.17, 15) is 80.5 Å². The summed E-state index contributed by atoms with van der Waals surface area (Å²) in [5, 5.41) is 148. The van der Waals surface area contributed by atoms with E-state index < -0.39 is 129 Å². The van der Waals surface area contributed by atoms with Gasteiger partial charge in [-0.3, -0.25) is 0 Å². The van der Waals surface area contributed by atoms with E-state index in [1.165, 1.54) is 0 Å². The normalized spacial score (nSPS) is 30.6. The Morgan fingerprint density at radius 2 is 0.679 bits per heavy atom. The summed E-state index contributed by atoms with van der Waals surface area (Å²) in [4.78, 5) is 41.9. The zero-order valence-corrected chi connectivity index (χ0v) is 39.6. The minimum absolute atomic E-state index is 0. The van der Waals surface area contributed by atoms with Gasteiger partial charge in [-0.2, -0.15) is 0 Å². The molecule has 0 radical (unpaired) electrons. The van der Waals surface area contributed by atoms with Crippen LogP contribution in [0.2, 0.25) is 0 Å². The van der Waals surface area contributed by atoms with Gasteiger partial charge in [0.2, 0.25) is 0 Å². The first-order valence-electron chi connectivity index (χ1n) is 16.4. The zero-order valence-electron chi connectivity index (χ0n) is 28.9. The van der Waals surface area contributed by atoms with Gasteiger partial charge in [-0.1, -0.05) is 43.3 Å². The molecule has 0 spiro atoms. The van der Waals surface area contributed by atoms with Gasteiger partial charge in [-0.15, -0.1) is 37.6 Å². The van der Waals surface area contributed by atoms with Gasteiger partial charge in [-0.25, -0.2) is 0 Å². The Balaban J connectivity index is -0.000000893. The molecule has 2 aliphatic rings. The predicted molar refractivity (Wildman–Crippen MR) is 144 cm³/mol. The molecule has 0 saturated heterocycles. The first-order chi connectivity index (χ1) is 23.6. The van der Waals surface area contributed by atoms with Crippen molar-refractivity contribution in [3.8, 4) is 0 Å². The van der Waals surface area contributed by atoms with Crippen LogP contribution in [0.3, 0.4) is 0 Å². The predicted octanol–water partition coefficient (Wildman–Crippen LogP) is -15.7. The van der Waals surface area contributed by atoms with Crippen molar-refractivity contribution in [2.24, 2.45) is 11.8 Å². The average Bonchev–Trinajstić information content (AvgIpc) is 3.03. The number of carboxylic acid groups (broad SMARTS) is 4. The van der Waals surface area contributed by atoms with E-state index in [0.29, 0.717) is 0 Å². The third-order valence-corrected chi connectivity index (χ3v) is 8.73. The van der Waals surface area contributed by atoms with Gasteiger partial charge in [0.1, 0.15) is 0 Å². The summed E-state index contributed by atoms with van der Waals surface area (Å²) in [6, 6.07) is -4.79. The molecule has 4 N–H and O–H groups in total. The van der Waals surface area contributed by atoms with Crippen LogP contribution in [0.25, 0.3) is 0 Å². The van der Waals surface area contributed by atoms with Crippen molar-refractivity contribution >= 4 is 23.9 Å². The van der Waals surface area contributed by atoms with E-state index in [1.807, 2.05) is 0 Å². The second-order valence-corrected chi connectivity index (χ2v) is 12.2. The second kappa shape index (κ2) is 31.1. The summed E-state index contributed by atoms with van der Waals surface area (Å²) in [6.07, 6.45) is -10.9. The molecule has 0 heterocycles. The maximum absolute atomic E-state index is 12.5. The van der Waals surface area contributed by atoms with Crippen molar-refractivity contribution in [2.45, 2.75) is 112 Å². The molecule has 0 bridgehead atoms. The number of carbonyl (C=O) groups is 4. The average molecular weight is 1250 g/mol. The maximum Gasteiger partial charge on any atom is 4.00 e. The number of carbonyl (C=O) groups excluding carboxylic acids is 4. The minimum Gasteiger partial charge on any atom is -0.854 e. The van der Waals surface area contributed by atoms with Crippen molar-refractivity contribution in [1.29, 1.82) is 0 Å². The number of rotatable bonds is 22. The largest absolute Gasteiger partial charge is 4.00 e. The van der Waals surface area contributed by atoms with E-state index in [-0.39, 0.29) is 136 Å². The summed E-state index contributed by atoms with van der Waals surface area (Å²) in [6.45, 7) is -1.59. The molecule has 2 fully saturated rings. The van der Waals surface area contributed by atoms with Crippen LogP contribution in [-0.2, 0) is 96.7 Å². The second-order valence-electron chi connectivity index (χ2n) is 12.2. The molecule has 0 aromatic carbocycles. The van der Waals surface area contributed by atoms with Crippen molar-refractivity contribution in [3.63, 3.8) is 0 Å². The summed E-state index contributed by atoms with van der Waals surface area (Å²) in [5.74, 6) is -7.34. The fraction of sp³-hybridized carbons (Fsp3) is 0.867. The van der Waals surface area contributed by atoms with E-state index in [1.54, 1.807) is 0 Å². The topological polar surface area (TPSA) is 393 Å². The number of aliphatic carboxylic acids is 4. The van der Waals surface area contributed by atoms with Crippen molar-refractivity contribution in [2.75, 3.05) is 39.4 Å². The van der Waals surface area contributed by atoms with Gasteiger partial charge < -0.3 is 102 Å². The van der Waals surface area contributed by atoms with Gasteiger partial charge in [0.15, 0.2) is 0 Å². The molecule has 0 aliphatic heterocycles. The smallest absolute Gasteiger partial charge is 0.854 e. The van der Waals surface area contributed by atoms with Gasteiger partial charge in [-0.05, 0) is 62.8 Å². The third-order valence-electron chi connectivity index (χ3n) is 8.73. The minimum atomic E-state index is -1.67. The molecule has 0 aromatic heterocycles. The SMILES string of the molecule is O=C([O-])CCC[C@H]1[C@@H]([O-])[C@@H](NCC[O-])[C@@H]([O-])[C@@H](NCCC(=O)[O-])[C@H]1[O-].O=C([O-])CCN[C@@H]1C([O-])[C@H](NCCC(=O)[O-])[C@H]([O-])C(CCC[O-])[C@@H]1[O-].[Hf+4].[Hf+4].[Hf+4]. The molecule has 53 heavy (non-hydrogen) atoms. The molecule has 23 heteroatoms. The van der Waals surface area contributed by atoms with E-state index in [0.717, 1.165) is 0 Å². The monoisotopic (exact) mass is 1260 g/mol. The maximum atomic E-state index is 12.5. The summed E-state index contributed by atoms with van der Waals surface area (Å²) < 4.78 is 0. The van der Waals surface area contributed by atoms with Crippen LogP contribution in [-0.4, -0.2) is 124 Å². The Hall–Kier alpha value is 0.0104. The zero-order chi connectivity index (χ0) is 38.0. The van der Waals surface area contributed by atoms with Crippen molar-refractivity contribution in [3.05, 3.63) is 0 Å². The number of carboxylic acids is 4. The molecular weight excluding hydrogens is 1210 g/mol.